The van der Waals surface area contributed by atoms with E-state index in [1.165, 1.54) is 25.7 Å². The minimum atomic E-state index is -0.241. The summed E-state index contributed by atoms with van der Waals surface area (Å²) in [5.74, 6) is 0.813. The summed E-state index contributed by atoms with van der Waals surface area (Å²) in [7, 11) is 0. The molecule has 6 heteroatoms. The van der Waals surface area contributed by atoms with Crippen molar-refractivity contribution in [1.29, 1.82) is 0 Å². The lowest BCUT2D eigenvalue weighted by Gasteiger charge is -2.20. The van der Waals surface area contributed by atoms with E-state index < -0.39 is 0 Å². The largest absolute Gasteiger partial charge is 0.357 e. The van der Waals surface area contributed by atoms with Crippen LogP contribution in [-0.2, 0) is 6.54 Å². The Balaban J connectivity index is 0.00000338. The molecule has 0 heterocycles. The van der Waals surface area contributed by atoms with Crippen molar-refractivity contribution in [1.82, 2.24) is 16.0 Å². The number of nitrogens with zero attached hydrogens (tertiary/aromatic N) is 1. The molecule has 146 valence electrons. The number of amides is 1. The van der Waals surface area contributed by atoms with Crippen LogP contribution in [0.1, 0.15) is 69.3 Å². The third-order valence-corrected chi connectivity index (χ3v) is 4.14. The van der Waals surface area contributed by atoms with Crippen molar-refractivity contribution < 1.29 is 4.79 Å². The summed E-state index contributed by atoms with van der Waals surface area (Å²) in [6.45, 7) is 9.41. The zero-order valence-electron chi connectivity index (χ0n) is 16.4. The molecule has 26 heavy (non-hydrogen) atoms. The van der Waals surface area contributed by atoms with E-state index >= 15 is 0 Å². The van der Waals surface area contributed by atoms with Crippen LogP contribution in [0.4, 0.5) is 0 Å². The highest BCUT2D eigenvalue weighted by Gasteiger charge is 2.16. The fraction of sp³-hybridized carbons (Fsp3) is 0.600. The van der Waals surface area contributed by atoms with Gasteiger partial charge in [-0.2, -0.15) is 0 Å². The summed E-state index contributed by atoms with van der Waals surface area (Å²) < 4.78 is 0. The maximum Gasteiger partial charge on any atom is 0.251 e. The van der Waals surface area contributed by atoms with Crippen molar-refractivity contribution in [3.05, 3.63) is 35.4 Å². The second-order valence-electron chi connectivity index (χ2n) is 7.73. The first-order valence-corrected chi connectivity index (χ1v) is 9.33. The Morgan fingerprint density at radius 2 is 1.92 bits per heavy atom. The van der Waals surface area contributed by atoms with Gasteiger partial charge < -0.3 is 16.0 Å². The number of rotatable bonds is 5. The molecular formula is C20H33IN4O. The molecule has 0 unspecified atom stereocenters. The fourth-order valence-electron chi connectivity index (χ4n) is 2.98. The van der Waals surface area contributed by atoms with Crippen molar-refractivity contribution in [2.45, 2.75) is 71.5 Å². The van der Waals surface area contributed by atoms with Crippen LogP contribution in [0, 0.1) is 0 Å². The van der Waals surface area contributed by atoms with Crippen LogP contribution in [0.5, 0.6) is 0 Å². The Labute approximate surface area is 174 Å². The van der Waals surface area contributed by atoms with Crippen molar-refractivity contribution in [3.63, 3.8) is 0 Å². The zero-order valence-corrected chi connectivity index (χ0v) is 18.7. The number of halogens is 1. The molecule has 1 aromatic rings. The average Bonchev–Trinajstić information content (AvgIpc) is 3.04. The number of guanidine groups is 1. The molecule has 0 aromatic heterocycles. The highest BCUT2D eigenvalue weighted by molar-refractivity contribution is 14.0. The number of carbonyl (C=O) groups is 1. The van der Waals surface area contributed by atoms with E-state index in [9.17, 15) is 4.79 Å². The monoisotopic (exact) mass is 472 g/mol. The first-order valence-electron chi connectivity index (χ1n) is 9.33. The molecule has 0 bridgehead atoms. The third-order valence-electron chi connectivity index (χ3n) is 4.14. The zero-order chi connectivity index (χ0) is 18.3. The minimum Gasteiger partial charge on any atom is -0.357 e. The van der Waals surface area contributed by atoms with Crippen molar-refractivity contribution >= 4 is 35.8 Å². The van der Waals surface area contributed by atoms with Gasteiger partial charge in [0, 0.05) is 23.7 Å². The maximum atomic E-state index is 12.3. The van der Waals surface area contributed by atoms with E-state index in [2.05, 4.69) is 27.9 Å². The maximum absolute atomic E-state index is 12.3. The molecule has 0 saturated heterocycles. The average molecular weight is 472 g/mol. The lowest BCUT2D eigenvalue weighted by Crippen LogP contribution is -2.42. The van der Waals surface area contributed by atoms with Gasteiger partial charge in [0.15, 0.2) is 5.96 Å². The molecule has 0 radical (unpaired) electrons. The highest BCUT2D eigenvalue weighted by Crippen LogP contribution is 2.17. The van der Waals surface area contributed by atoms with Crippen LogP contribution in [0.2, 0.25) is 0 Å². The SMILES string of the molecule is CCNC(=NCc1cccc(C(=O)NC(C)(C)C)c1)NC1CCCC1.I. The molecule has 1 saturated carbocycles. The number of hydrogen-bond donors (Lipinski definition) is 3. The van der Waals surface area contributed by atoms with E-state index in [-0.39, 0.29) is 35.4 Å². The Kier molecular flexibility index (Phi) is 9.39. The van der Waals surface area contributed by atoms with Crippen LogP contribution in [-0.4, -0.2) is 30.0 Å². The predicted octanol–water partition coefficient (Wildman–Crippen LogP) is 3.83. The molecule has 1 aliphatic rings. The predicted molar refractivity (Wildman–Crippen MR) is 119 cm³/mol. The lowest BCUT2D eigenvalue weighted by molar-refractivity contribution is 0.0919. The van der Waals surface area contributed by atoms with E-state index in [4.69, 9.17) is 0 Å². The molecule has 5 nitrogen and oxygen atoms in total. The van der Waals surface area contributed by atoms with Crippen molar-refractivity contribution in [2.24, 2.45) is 4.99 Å². The smallest absolute Gasteiger partial charge is 0.251 e. The summed E-state index contributed by atoms with van der Waals surface area (Å²) in [5, 5.41) is 9.82. The second kappa shape index (κ2) is 10.7. The second-order valence-corrected chi connectivity index (χ2v) is 7.73. The molecule has 0 aliphatic heterocycles. The van der Waals surface area contributed by atoms with Gasteiger partial charge in [-0.25, -0.2) is 4.99 Å². The van der Waals surface area contributed by atoms with Gasteiger partial charge in [0.2, 0.25) is 0 Å². The number of nitrogens with one attached hydrogen (secondary N) is 3. The topological polar surface area (TPSA) is 65.5 Å². The number of carbonyl (C=O) groups excluding carboxylic acids is 1. The summed E-state index contributed by atoms with van der Waals surface area (Å²) in [6.07, 6.45) is 5.02. The summed E-state index contributed by atoms with van der Waals surface area (Å²) in [4.78, 5) is 17.0. The van der Waals surface area contributed by atoms with Crippen LogP contribution < -0.4 is 16.0 Å². The van der Waals surface area contributed by atoms with Gasteiger partial charge in [0.05, 0.1) is 6.54 Å². The molecule has 1 aliphatic carbocycles. The van der Waals surface area contributed by atoms with E-state index in [1.54, 1.807) is 0 Å². The van der Waals surface area contributed by atoms with E-state index in [0.717, 1.165) is 18.1 Å². The van der Waals surface area contributed by atoms with Crippen LogP contribution in [0.15, 0.2) is 29.3 Å². The summed E-state index contributed by atoms with van der Waals surface area (Å²) in [6, 6.07) is 8.22. The van der Waals surface area contributed by atoms with E-state index in [1.807, 2.05) is 45.0 Å². The van der Waals surface area contributed by atoms with Crippen molar-refractivity contribution in [3.8, 4) is 0 Å². The first kappa shape index (κ1) is 22.7. The van der Waals surface area contributed by atoms with Gasteiger partial charge in [0.1, 0.15) is 0 Å². The van der Waals surface area contributed by atoms with Gasteiger partial charge in [-0.1, -0.05) is 25.0 Å². The van der Waals surface area contributed by atoms with Gasteiger partial charge in [-0.15, -0.1) is 24.0 Å². The highest BCUT2D eigenvalue weighted by atomic mass is 127. The molecule has 1 aromatic carbocycles. The normalized spacial score (nSPS) is 15.3. The molecular weight excluding hydrogens is 439 g/mol. The summed E-state index contributed by atoms with van der Waals surface area (Å²) >= 11 is 0. The quantitative estimate of drug-likeness (QED) is 0.347. The third kappa shape index (κ3) is 7.93. The Morgan fingerprint density at radius 3 is 2.54 bits per heavy atom. The fourth-order valence-corrected chi connectivity index (χ4v) is 2.98. The number of benzene rings is 1. The molecule has 2 rings (SSSR count). The minimum absolute atomic E-state index is 0. The Bertz CT molecular complexity index is 604. The van der Waals surface area contributed by atoms with E-state index in [0.29, 0.717) is 18.2 Å². The first-order chi connectivity index (χ1) is 11.9. The van der Waals surface area contributed by atoms with Crippen molar-refractivity contribution in [2.75, 3.05) is 6.54 Å². The molecule has 1 fully saturated rings. The van der Waals surface area contributed by atoms with Gasteiger partial charge in [0.25, 0.3) is 5.91 Å². The Morgan fingerprint density at radius 1 is 1.23 bits per heavy atom. The Hall–Kier alpha value is -1.31. The molecule has 0 spiro atoms. The van der Waals surface area contributed by atoms with Gasteiger partial charge in [-0.05, 0) is 58.2 Å². The number of hydrogen-bond acceptors (Lipinski definition) is 2. The van der Waals surface area contributed by atoms with Crippen LogP contribution in [0.3, 0.4) is 0 Å². The number of aliphatic imine (C=N–C) groups is 1. The summed E-state index contributed by atoms with van der Waals surface area (Å²) in [5.41, 5.74) is 1.47. The van der Waals surface area contributed by atoms with Gasteiger partial charge >= 0.3 is 0 Å². The standard InChI is InChI=1S/C20H32N4O.HI/c1-5-21-19(23-17-11-6-7-12-17)22-14-15-9-8-10-16(13-15)18(25)24-20(2,3)4;/h8-10,13,17H,5-7,11-12,14H2,1-4H3,(H,24,25)(H2,21,22,23);1H. The van der Waals surface area contributed by atoms with Crippen LogP contribution >= 0.6 is 24.0 Å². The lowest BCUT2D eigenvalue weighted by atomic mass is 10.1. The van der Waals surface area contributed by atoms with Crippen LogP contribution in [0.25, 0.3) is 0 Å². The molecule has 0 atom stereocenters. The molecule has 3 N–H and O–H groups in total. The molecule has 1 amide bonds. The van der Waals surface area contributed by atoms with Gasteiger partial charge in [-0.3, -0.25) is 4.79 Å².